The minimum Gasteiger partial charge on any atom is -0.350 e. The van der Waals surface area contributed by atoms with Gasteiger partial charge in [0, 0.05) is 25.2 Å². The lowest BCUT2D eigenvalue weighted by Crippen LogP contribution is -2.36. The Kier molecular flexibility index (Phi) is 5.96. The van der Waals surface area contributed by atoms with Gasteiger partial charge in [-0.05, 0) is 43.6 Å². The fourth-order valence-electron chi connectivity index (χ4n) is 3.30. The van der Waals surface area contributed by atoms with Crippen molar-refractivity contribution in [2.45, 2.75) is 25.8 Å². The van der Waals surface area contributed by atoms with Gasteiger partial charge in [-0.3, -0.25) is 14.5 Å². The van der Waals surface area contributed by atoms with Crippen LogP contribution < -0.4 is 10.6 Å². The van der Waals surface area contributed by atoms with E-state index >= 15 is 0 Å². The molecule has 1 aromatic carbocycles. The van der Waals surface area contributed by atoms with E-state index in [4.69, 9.17) is 0 Å². The summed E-state index contributed by atoms with van der Waals surface area (Å²) in [5, 5.41) is 5.63. The van der Waals surface area contributed by atoms with Crippen molar-refractivity contribution in [1.29, 1.82) is 0 Å². The van der Waals surface area contributed by atoms with Gasteiger partial charge in [0.15, 0.2) is 0 Å². The highest BCUT2D eigenvalue weighted by Crippen LogP contribution is 2.24. The maximum atomic E-state index is 12.6. The SMILES string of the molecule is CC(=O)Nc1cc(C(=O)NCC(c2ccccc2)N2CCCC2)ccn1. The zero-order chi connectivity index (χ0) is 18.4. The summed E-state index contributed by atoms with van der Waals surface area (Å²) in [6.07, 6.45) is 3.92. The third-order valence-electron chi connectivity index (χ3n) is 4.55. The zero-order valence-electron chi connectivity index (χ0n) is 14.9. The Morgan fingerprint density at radius 1 is 1.15 bits per heavy atom. The highest BCUT2D eigenvalue weighted by Gasteiger charge is 2.24. The van der Waals surface area contributed by atoms with Gasteiger partial charge >= 0.3 is 0 Å². The molecule has 1 unspecified atom stereocenters. The lowest BCUT2D eigenvalue weighted by Gasteiger charge is -2.28. The van der Waals surface area contributed by atoms with Crippen LogP contribution in [0.2, 0.25) is 0 Å². The van der Waals surface area contributed by atoms with E-state index in [0.717, 1.165) is 13.1 Å². The minimum absolute atomic E-state index is 0.166. The predicted octanol–water partition coefficient (Wildman–Crippen LogP) is 2.61. The van der Waals surface area contributed by atoms with Crippen molar-refractivity contribution in [1.82, 2.24) is 15.2 Å². The molecule has 0 radical (unpaired) electrons. The van der Waals surface area contributed by atoms with Crippen LogP contribution in [0, 0.1) is 0 Å². The first kappa shape index (κ1) is 18.1. The Morgan fingerprint density at radius 2 is 1.88 bits per heavy atom. The molecule has 26 heavy (non-hydrogen) atoms. The van der Waals surface area contributed by atoms with Crippen LogP contribution in [0.3, 0.4) is 0 Å². The molecule has 136 valence electrons. The van der Waals surface area contributed by atoms with Crippen molar-refractivity contribution in [2.24, 2.45) is 0 Å². The van der Waals surface area contributed by atoms with Crippen molar-refractivity contribution < 1.29 is 9.59 Å². The van der Waals surface area contributed by atoms with Crippen molar-refractivity contribution in [3.8, 4) is 0 Å². The quantitative estimate of drug-likeness (QED) is 0.838. The molecule has 2 heterocycles. The van der Waals surface area contributed by atoms with E-state index in [9.17, 15) is 9.59 Å². The van der Waals surface area contributed by atoms with Crippen LogP contribution in [-0.2, 0) is 4.79 Å². The first-order valence-electron chi connectivity index (χ1n) is 8.94. The Morgan fingerprint density at radius 3 is 2.58 bits per heavy atom. The number of anilines is 1. The normalized spacial score (nSPS) is 15.4. The summed E-state index contributed by atoms with van der Waals surface area (Å²) >= 11 is 0. The van der Waals surface area contributed by atoms with Gasteiger partial charge in [0.2, 0.25) is 5.91 Å². The highest BCUT2D eigenvalue weighted by molar-refractivity contribution is 5.96. The molecule has 1 aliphatic heterocycles. The monoisotopic (exact) mass is 352 g/mol. The Bertz CT molecular complexity index is 757. The van der Waals surface area contributed by atoms with E-state index in [0.29, 0.717) is 17.9 Å². The molecule has 1 atom stereocenters. The summed E-state index contributed by atoms with van der Waals surface area (Å²) < 4.78 is 0. The van der Waals surface area contributed by atoms with Crippen LogP contribution in [0.1, 0.15) is 41.7 Å². The van der Waals surface area contributed by atoms with Crippen molar-refractivity contribution >= 4 is 17.6 Å². The number of nitrogens with one attached hydrogen (secondary N) is 2. The van der Waals surface area contributed by atoms with E-state index in [1.165, 1.54) is 31.5 Å². The zero-order valence-corrected chi connectivity index (χ0v) is 14.9. The molecule has 1 aliphatic rings. The maximum absolute atomic E-state index is 12.6. The summed E-state index contributed by atoms with van der Waals surface area (Å²) in [5.74, 6) is -0.00309. The van der Waals surface area contributed by atoms with Gasteiger partial charge in [-0.2, -0.15) is 0 Å². The van der Waals surface area contributed by atoms with Crippen LogP contribution in [0.4, 0.5) is 5.82 Å². The van der Waals surface area contributed by atoms with Crippen LogP contribution in [0.5, 0.6) is 0 Å². The second-order valence-electron chi connectivity index (χ2n) is 6.49. The first-order chi connectivity index (χ1) is 12.6. The number of amides is 2. The summed E-state index contributed by atoms with van der Waals surface area (Å²) in [6, 6.07) is 13.7. The van der Waals surface area contributed by atoms with Gasteiger partial charge in [0.05, 0.1) is 6.04 Å². The van der Waals surface area contributed by atoms with Crippen LogP contribution in [0.25, 0.3) is 0 Å². The van der Waals surface area contributed by atoms with Gasteiger partial charge in [-0.25, -0.2) is 4.98 Å². The van der Waals surface area contributed by atoms with Gasteiger partial charge in [0.25, 0.3) is 5.91 Å². The fourth-order valence-corrected chi connectivity index (χ4v) is 3.30. The summed E-state index contributed by atoms with van der Waals surface area (Å²) in [5.41, 5.74) is 1.69. The van der Waals surface area contributed by atoms with Crippen molar-refractivity contribution in [2.75, 3.05) is 25.0 Å². The summed E-state index contributed by atoms with van der Waals surface area (Å²) in [6.45, 7) is 4.06. The molecule has 0 spiro atoms. The topological polar surface area (TPSA) is 74.3 Å². The van der Waals surface area contributed by atoms with E-state index in [1.54, 1.807) is 12.1 Å². The summed E-state index contributed by atoms with van der Waals surface area (Å²) in [4.78, 5) is 30.2. The van der Waals surface area contributed by atoms with Crippen LogP contribution in [0.15, 0.2) is 48.7 Å². The third-order valence-corrected chi connectivity index (χ3v) is 4.55. The van der Waals surface area contributed by atoms with Crippen LogP contribution in [-0.4, -0.2) is 41.3 Å². The molecular formula is C20H24N4O2. The second kappa shape index (κ2) is 8.58. The third kappa shape index (κ3) is 4.67. The molecule has 1 fully saturated rings. The Labute approximate surface area is 153 Å². The number of benzene rings is 1. The number of rotatable bonds is 6. The van der Waals surface area contributed by atoms with Gasteiger partial charge < -0.3 is 10.6 Å². The number of aromatic nitrogens is 1. The maximum Gasteiger partial charge on any atom is 0.251 e. The Balaban J connectivity index is 1.68. The summed E-state index contributed by atoms with van der Waals surface area (Å²) in [7, 11) is 0. The average molecular weight is 352 g/mol. The molecule has 6 nitrogen and oxygen atoms in total. The molecule has 0 aliphatic carbocycles. The minimum atomic E-state index is -0.215. The molecule has 2 N–H and O–H groups in total. The highest BCUT2D eigenvalue weighted by atomic mass is 16.2. The largest absolute Gasteiger partial charge is 0.350 e. The standard InChI is InChI=1S/C20H24N4O2/c1-15(25)23-19-13-17(9-10-21-19)20(26)22-14-18(24-11-5-6-12-24)16-7-3-2-4-8-16/h2-4,7-10,13,18H,5-6,11-12,14H2,1H3,(H,22,26)(H,21,23,25). The molecule has 1 saturated heterocycles. The number of carbonyl (C=O) groups is 2. The molecule has 2 amide bonds. The fraction of sp³-hybridized carbons (Fsp3) is 0.350. The van der Waals surface area contributed by atoms with E-state index in [-0.39, 0.29) is 17.9 Å². The molecule has 0 bridgehead atoms. The number of hydrogen-bond acceptors (Lipinski definition) is 4. The van der Waals surface area contributed by atoms with Gasteiger partial charge in [-0.15, -0.1) is 0 Å². The molecule has 0 saturated carbocycles. The van der Waals surface area contributed by atoms with Crippen LogP contribution >= 0.6 is 0 Å². The predicted molar refractivity (Wildman–Crippen MR) is 101 cm³/mol. The van der Waals surface area contributed by atoms with Crippen molar-refractivity contribution in [3.05, 3.63) is 59.8 Å². The molecular weight excluding hydrogens is 328 g/mol. The lowest BCUT2D eigenvalue weighted by atomic mass is 10.1. The van der Waals surface area contributed by atoms with Gasteiger partial charge in [-0.1, -0.05) is 30.3 Å². The van der Waals surface area contributed by atoms with E-state index < -0.39 is 0 Å². The lowest BCUT2D eigenvalue weighted by molar-refractivity contribution is -0.114. The molecule has 6 heteroatoms. The van der Waals surface area contributed by atoms with Crippen molar-refractivity contribution in [3.63, 3.8) is 0 Å². The first-order valence-corrected chi connectivity index (χ1v) is 8.94. The number of hydrogen-bond donors (Lipinski definition) is 2. The van der Waals surface area contributed by atoms with E-state index in [1.807, 2.05) is 18.2 Å². The second-order valence-corrected chi connectivity index (χ2v) is 6.49. The number of nitrogens with zero attached hydrogens (tertiary/aromatic N) is 2. The Hall–Kier alpha value is -2.73. The number of pyridine rings is 1. The molecule has 2 aromatic rings. The number of carbonyl (C=O) groups excluding carboxylic acids is 2. The average Bonchev–Trinajstić information content (AvgIpc) is 3.17. The van der Waals surface area contributed by atoms with E-state index in [2.05, 4.69) is 32.7 Å². The molecule has 1 aromatic heterocycles. The van der Waals surface area contributed by atoms with Gasteiger partial charge in [0.1, 0.15) is 5.82 Å². The smallest absolute Gasteiger partial charge is 0.251 e. The number of likely N-dealkylation sites (tertiary alicyclic amines) is 1. The molecule has 3 rings (SSSR count).